The number of nitrogens with one attached hydrogen (secondary N) is 2. The number of benzene rings is 3. The maximum Gasteiger partial charge on any atom is 0.382 e. The summed E-state index contributed by atoms with van der Waals surface area (Å²) in [5.74, 6) is 0.398. The molecular weight excluding hydrogens is 360 g/mol. The highest BCUT2D eigenvalue weighted by Gasteiger charge is 2.26. The molecule has 0 fully saturated rings. The summed E-state index contributed by atoms with van der Waals surface area (Å²) in [6.07, 6.45) is 0.574. The summed E-state index contributed by atoms with van der Waals surface area (Å²) in [5, 5.41) is 5.87. The third-order valence-corrected chi connectivity index (χ3v) is 5.93. The van der Waals surface area contributed by atoms with E-state index in [0.717, 1.165) is 5.56 Å². The van der Waals surface area contributed by atoms with E-state index in [1.807, 2.05) is 30.3 Å². The molecule has 2 atom stereocenters. The first-order valence-corrected chi connectivity index (χ1v) is 10.4. The Bertz CT molecular complexity index is 1060. The summed E-state index contributed by atoms with van der Waals surface area (Å²) in [7, 11) is -3.82. The van der Waals surface area contributed by atoms with Crippen molar-refractivity contribution in [2.45, 2.75) is 25.4 Å². The van der Waals surface area contributed by atoms with Crippen LogP contribution in [0.2, 0.25) is 0 Å². The first-order chi connectivity index (χ1) is 13.0. The van der Waals surface area contributed by atoms with E-state index < -0.39 is 10.3 Å². The molecule has 1 aliphatic rings. The molecule has 0 aliphatic carbocycles. The van der Waals surface area contributed by atoms with E-state index in [1.54, 1.807) is 12.1 Å². The summed E-state index contributed by atoms with van der Waals surface area (Å²) in [5.41, 5.74) is 2.08. The molecule has 1 aliphatic heterocycles. The quantitative estimate of drug-likeness (QED) is 0.726. The molecule has 0 bridgehead atoms. The van der Waals surface area contributed by atoms with Gasteiger partial charge in [-0.3, -0.25) is 0 Å². The minimum Gasteiger partial charge on any atom is -0.371 e. The van der Waals surface area contributed by atoms with E-state index in [-0.39, 0.29) is 12.1 Å². The molecule has 0 aromatic heterocycles. The van der Waals surface area contributed by atoms with Gasteiger partial charge in [0.05, 0.1) is 0 Å². The van der Waals surface area contributed by atoms with Gasteiger partial charge in [0.2, 0.25) is 0 Å². The van der Waals surface area contributed by atoms with Crippen molar-refractivity contribution in [2.75, 3.05) is 6.54 Å². The lowest BCUT2D eigenvalue weighted by Crippen LogP contribution is -2.43. The van der Waals surface area contributed by atoms with E-state index in [2.05, 4.69) is 41.2 Å². The van der Waals surface area contributed by atoms with E-state index in [4.69, 9.17) is 4.18 Å². The summed E-state index contributed by atoms with van der Waals surface area (Å²) < 4.78 is 32.1. The average Bonchev–Trinajstić information content (AvgIpc) is 2.79. The smallest absolute Gasteiger partial charge is 0.371 e. The SMILES string of the molecule is C[C@@H](NCC1Cc2ccccc2OS(=O)(=O)N1)c1cccc2ccccc12. The molecule has 3 aromatic rings. The van der Waals surface area contributed by atoms with Crippen molar-refractivity contribution in [3.05, 3.63) is 77.9 Å². The summed E-state index contributed by atoms with van der Waals surface area (Å²) in [4.78, 5) is 0. The Labute approximate surface area is 159 Å². The highest BCUT2D eigenvalue weighted by atomic mass is 32.2. The van der Waals surface area contributed by atoms with Crippen LogP contribution in [0.5, 0.6) is 5.75 Å². The van der Waals surface area contributed by atoms with Gasteiger partial charge in [-0.1, -0.05) is 60.7 Å². The van der Waals surface area contributed by atoms with Crippen molar-refractivity contribution in [3.8, 4) is 5.75 Å². The lowest BCUT2D eigenvalue weighted by molar-refractivity contribution is 0.452. The van der Waals surface area contributed by atoms with E-state index in [1.165, 1.54) is 16.3 Å². The molecule has 140 valence electrons. The van der Waals surface area contributed by atoms with E-state index in [0.29, 0.717) is 18.7 Å². The second kappa shape index (κ2) is 7.31. The Balaban J connectivity index is 1.52. The highest BCUT2D eigenvalue weighted by Crippen LogP contribution is 2.26. The van der Waals surface area contributed by atoms with Crippen molar-refractivity contribution >= 4 is 21.1 Å². The van der Waals surface area contributed by atoms with Gasteiger partial charge in [-0.15, -0.1) is 0 Å². The molecule has 4 rings (SSSR count). The molecule has 6 heteroatoms. The molecule has 3 aromatic carbocycles. The number of hydrogen-bond donors (Lipinski definition) is 2. The molecule has 0 radical (unpaired) electrons. The highest BCUT2D eigenvalue weighted by molar-refractivity contribution is 7.85. The van der Waals surface area contributed by atoms with Crippen molar-refractivity contribution in [1.29, 1.82) is 0 Å². The fraction of sp³-hybridized carbons (Fsp3) is 0.238. The van der Waals surface area contributed by atoms with Gasteiger partial charge in [0.25, 0.3) is 0 Å². The van der Waals surface area contributed by atoms with Gasteiger partial charge in [0, 0.05) is 18.6 Å². The fourth-order valence-corrected chi connectivity index (χ4v) is 4.60. The van der Waals surface area contributed by atoms with Crippen molar-refractivity contribution in [3.63, 3.8) is 0 Å². The Morgan fingerprint density at radius 1 is 1.07 bits per heavy atom. The zero-order valence-electron chi connectivity index (χ0n) is 15.1. The van der Waals surface area contributed by atoms with Crippen molar-refractivity contribution in [2.24, 2.45) is 0 Å². The number of para-hydroxylation sites is 1. The molecule has 0 saturated carbocycles. The molecule has 1 unspecified atom stereocenters. The van der Waals surface area contributed by atoms with Crippen LogP contribution in [0.3, 0.4) is 0 Å². The van der Waals surface area contributed by atoms with E-state index >= 15 is 0 Å². The van der Waals surface area contributed by atoms with Crippen LogP contribution in [-0.4, -0.2) is 21.0 Å². The van der Waals surface area contributed by atoms with Gasteiger partial charge in [-0.05, 0) is 41.3 Å². The lowest BCUT2D eigenvalue weighted by atomic mass is 9.99. The van der Waals surface area contributed by atoms with Crippen LogP contribution in [0.4, 0.5) is 0 Å². The summed E-state index contributed by atoms with van der Waals surface area (Å²) in [6, 6.07) is 21.6. The first-order valence-electron chi connectivity index (χ1n) is 9.02. The van der Waals surface area contributed by atoms with Gasteiger partial charge in [0.15, 0.2) is 0 Å². The number of fused-ring (bicyclic) bond motifs is 2. The predicted molar refractivity (Wildman–Crippen MR) is 107 cm³/mol. The minimum atomic E-state index is -3.82. The molecule has 0 amide bonds. The van der Waals surface area contributed by atoms with Gasteiger partial charge in [-0.2, -0.15) is 13.1 Å². The largest absolute Gasteiger partial charge is 0.382 e. The third kappa shape index (κ3) is 3.98. The molecule has 0 saturated heterocycles. The monoisotopic (exact) mass is 382 g/mol. The number of hydrogen-bond acceptors (Lipinski definition) is 4. The zero-order valence-corrected chi connectivity index (χ0v) is 15.9. The second-order valence-electron chi connectivity index (χ2n) is 6.86. The van der Waals surface area contributed by atoms with Gasteiger partial charge in [-0.25, -0.2) is 0 Å². The van der Waals surface area contributed by atoms with Crippen LogP contribution < -0.4 is 14.2 Å². The topological polar surface area (TPSA) is 67.4 Å². The van der Waals surface area contributed by atoms with Crippen molar-refractivity contribution < 1.29 is 12.6 Å². The average molecular weight is 382 g/mol. The van der Waals surface area contributed by atoms with E-state index in [9.17, 15) is 8.42 Å². The van der Waals surface area contributed by atoms with Crippen LogP contribution in [0.1, 0.15) is 24.1 Å². The van der Waals surface area contributed by atoms with Crippen LogP contribution >= 0.6 is 0 Å². The summed E-state index contributed by atoms with van der Waals surface area (Å²) >= 11 is 0. The summed E-state index contributed by atoms with van der Waals surface area (Å²) in [6.45, 7) is 2.60. The lowest BCUT2D eigenvalue weighted by Gasteiger charge is -2.21. The maximum absolute atomic E-state index is 12.2. The molecular formula is C21H22N2O3S. The third-order valence-electron chi connectivity index (χ3n) is 4.91. The predicted octanol–water partition coefficient (Wildman–Crippen LogP) is 3.33. The van der Waals surface area contributed by atoms with Gasteiger partial charge in [0.1, 0.15) is 5.75 Å². The first kappa shape index (κ1) is 18.0. The second-order valence-corrected chi connectivity index (χ2v) is 8.17. The van der Waals surface area contributed by atoms with Crippen LogP contribution in [-0.2, 0) is 16.7 Å². The Morgan fingerprint density at radius 2 is 1.81 bits per heavy atom. The Kier molecular flexibility index (Phi) is 4.86. The minimum absolute atomic E-state index is 0.0834. The molecule has 5 nitrogen and oxygen atoms in total. The fourth-order valence-electron chi connectivity index (χ4n) is 3.58. The van der Waals surface area contributed by atoms with Gasteiger partial charge >= 0.3 is 10.3 Å². The van der Waals surface area contributed by atoms with Crippen LogP contribution in [0, 0.1) is 0 Å². The van der Waals surface area contributed by atoms with Crippen molar-refractivity contribution in [1.82, 2.24) is 10.0 Å². The van der Waals surface area contributed by atoms with Crippen LogP contribution in [0.15, 0.2) is 66.7 Å². The molecule has 1 heterocycles. The standard InChI is InChI=1S/C21H22N2O3S/c1-15(19-11-6-9-16-7-2-4-10-20(16)19)22-14-18-13-17-8-3-5-12-21(17)26-27(24,25)23-18/h2-12,15,18,22-23H,13-14H2,1H3/t15-,18?/m1/s1. The number of rotatable bonds is 4. The normalized spacial score (nSPS) is 19.7. The van der Waals surface area contributed by atoms with Crippen LogP contribution in [0.25, 0.3) is 10.8 Å². The molecule has 27 heavy (non-hydrogen) atoms. The maximum atomic E-state index is 12.2. The molecule has 2 N–H and O–H groups in total. The Morgan fingerprint density at radius 3 is 2.70 bits per heavy atom. The Hall–Kier alpha value is -2.41. The molecule has 0 spiro atoms. The van der Waals surface area contributed by atoms with Gasteiger partial charge < -0.3 is 9.50 Å². The zero-order chi connectivity index (χ0) is 18.9.